The van der Waals surface area contributed by atoms with Crippen LogP contribution in [0, 0.1) is 11.7 Å². The van der Waals surface area contributed by atoms with Crippen molar-refractivity contribution in [3.8, 4) is 0 Å². The number of carbonyl (C=O) groups excluding carboxylic acids is 1. The highest BCUT2D eigenvalue weighted by Crippen LogP contribution is 2.27. The average molecular weight is 440 g/mol. The molecular weight excluding hydrogens is 417 g/mol. The number of allylic oxidation sites excluding steroid dienone is 1. The van der Waals surface area contributed by atoms with Crippen LogP contribution in [-0.4, -0.2) is 41.7 Å². The van der Waals surface area contributed by atoms with E-state index in [1.807, 2.05) is 42.2 Å². The van der Waals surface area contributed by atoms with Gasteiger partial charge < -0.3 is 9.80 Å². The van der Waals surface area contributed by atoms with E-state index < -0.39 is 12.2 Å². The van der Waals surface area contributed by atoms with E-state index in [1.165, 1.54) is 6.07 Å². The van der Waals surface area contributed by atoms with Crippen LogP contribution in [0.2, 0.25) is 0 Å². The second-order valence-electron chi connectivity index (χ2n) is 8.02. The highest BCUT2D eigenvalue weighted by Gasteiger charge is 2.36. The topological polar surface area (TPSA) is 48.3 Å². The first-order chi connectivity index (χ1) is 15.3. The number of hydrogen-bond donors (Lipinski definition) is 0. The molecule has 1 saturated heterocycles. The number of rotatable bonds is 7. The van der Waals surface area contributed by atoms with E-state index in [0.29, 0.717) is 35.6 Å². The molecular formula is C24H23F3N4O. The van der Waals surface area contributed by atoms with Crippen LogP contribution in [0.4, 0.5) is 18.9 Å². The van der Waals surface area contributed by atoms with E-state index in [4.69, 9.17) is 0 Å². The van der Waals surface area contributed by atoms with Gasteiger partial charge in [-0.05, 0) is 25.1 Å². The molecule has 0 unspecified atom stereocenters. The van der Waals surface area contributed by atoms with Gasteiger partial charge in [-0.2, -0.15) is 10.2 Å². The van der Waals surface area contributed by atoms with Crippen LogP contribution < -0.4 is 4.90 Å². The molecule has 5 nitrogen and oxygen atoms in total. The Morgan fingerprint density at radius 3 is 2.50 bits per heavy atom. The summed E-state index contributed by atoms with van der Waals surface area (Å²) >= 11 is 0. The molecule has 166 valence electrons. The first kappa shape index (κ1) is 21.8. The number of carbonyl (C=O) groups is 1. The van der Waals surface area contributed by atoms with Crippen molar-refractivity contribution in [3.05, 3.63) is 77.8 Å². The minimum absolute atomic E-state index is 0.0593. The summed E-state index contributed by atoms with van der Waals surface area (Å²) in [6.07, 6.45) is -2.79. The maximum Gasteiger partial charge on any atom is 0.278 e. The van der Waals surface area contributed by atoms with Crippen LogP contribution in [0.3, 0.4) is 0 Å². The molecule has 2 aliphatic rings. The maximum atomic E-state index is 15.0. The third kappa shape index (κ3) is 4.44. The molecule has 0 spiro atoms. The van der Waals surface area contributed by atoms with Crippen LogP contribution in [-0.2, 0) is 11.3 Å². The van der Waals surface area contributed by atoms with Gasteiger partial charge in [0.1, 0.15) is 11.5 Å². The first-order valence-electron chi connectivity index (χ1n) is 10.3. The number of likely N-dealkylation sites (tertiary alicyclic amines) is 1. The van der Waals surface area contributed by atoms with Crippen molar-refractivity contribution in [2.45, 2.75) is 26.3 Å². The molecule has 0 aliphatic carbocycles. The highest BCUT2D eigenvalue weighted by atomic mass is 19.3. The van der Waals surface area contributed by atoms with E-state index in [9.17, 15) is 18.0 Å². The Morgan fingerprint density at radius 2 is 1.91 bits per heavy atom. The Labute approximate surface area is 184 Å². The summed E-state index contributed by atoms with van der Waals surface area (Å²) in [5.74, 6) is -0.791. The van der Waals surface area contributed by atoms with Gasteiger partial charge in [0.15, 0.2) is 0 Å². The molecule has 2 aromatic carbocycles. The van der Waals surface area contributed by atoms with Crippen molar-refractivity contribution in [2.75, 3.05) is 18.0 Å². The molecule has 4 rings (SSSR count). The summed E-state index contributed by atoms with van der Waals surface area (Å²) in [4.78, 5) is 16.8. The van der Waals surface area contributed by atoms with E-state index in [2.05, 4.69) is 16.8 Å². The molecule has 0 N–H and O–H groups in total. The Balaban J connectivity index is 1.53. The second-order valence-corrected chi connectivity index (χ2v) is 8.02. The Bertz CT molecular complexity index is 1090. The number of nitrogens with zero attached hydrogens (tertiary/aromatic N) is 4. The van der Waals surface area contributed by atoms with Crippen LogP contribution in [0.15, 0.2) is 71.0 Å². The lowest BCUT2D eigenvalue weighted by atomic mass is 9.96. The largest absolute Gasteiger partial charge is 0.374 e. The molecule has 2 heterocycles. The Hall–Kier alpha value is -3.42. The van der Waals surface area contributed by atoms with Crippen LogP contribution in [0.25, 0.3) is 0 Å². The first-order valence-corrected chi connectivity index (χ1v) is 10.3. The van der Waals surface area contributed by atoms with Gasteiger partial charge in [-0.1, -0.05) is 36.9 Å². The van der Waals surface area contributed by atoms with E-state index in [-0.39, 0.29) is 30.5 Å². The van der Waals surface area contributed by atoms with Gasteiger partial charge >= 0.3 is 0 Å². The summed E-state index contributed by atoms with van der Waals surface area (Å²) in [6.45, 7) is 7.04. The molecule has 8 heteroatoms. The smallest absolute Gasteiger partial charge is 0.278 e. The lowest BCUT2D eigenvalue weighted by Crippen LogP contribution is -2.53. The molecule has 0 atom stereocenters. The molecule has 0 bridgehead atoms. The minimum atomic E-state index is -2.68. The van der Waals surface area contributed by atoms with Gasteiger partial charge in [0.2, 0.25) is 5.91 Å². The summed E-state index contributed by atoms with van der Waals surface area (Å²) in [6, 6.07) is 13.6. The molecule has 2 aromatic rings. The van der Waals surface area contributed by atoms with Gasteiger partial charge in [-0.3, -0.25) is 4.79 Å². The lowest BCUT2D eigenvalue weighted by molar-refractivity contribution is -0.126. The van der Waals surface area contributed by atoms with Crippen molar-refractivity contribution >= 4 is 23.0 Å². The number of hydrogen-bond acceptors (Lipinski definition) is 4. The zero-order valence-electron chi connectivity index (χ0n) is 17.6. The molecule has 0 aromatic heterocycles. The number of benzene rings is 2. The fourth-order valence-electron chi connectivity index (χ4n) is 3.74. The summed E-state index contributed by atoms with van der Waals surface area (Å²) in [7, 11) is 0. The highest BCUT2D eigenvalue weighted by molar-refractivity contribution is 6.15. The van der Waals surface area contributed by atoms with Crippen molar-refractivity contribution in [2.24, 2.45) is 16.1 Å². The number of alkyl halides is 2. The zero-order chi connectivity index (χ0) is 22.8. The third-order valence-corrected chi connectivity index (χ3v) is 5.72. The summed E-state index contributed by atoms with van der Waals surface area (Å²) < 4.78 is 40.6. The summed E-state index contributed by atoms with van der Waals surface area (Å²) in [5, 5.41) is 7.24. The Kier molecular flexibility index (Phi) is 6.12. The molecule has 32 heavy (non-hydrogen) atoms. The molecule has 0 saturated carbocycles. The van der Waals surface area contributed by atoms with Crippen LogP contribution in [0.5, 0.6) is 0 Å². The van der Waals surface area contributed by atoms with E-state index >= 15 is 0 Å². The van der Waals surface area contributed by atoms with Gasteiger partial charge in [0, 0.05) is 42.0 Å². The maximum absolute atomic E-state index is 15.0. The molecule has 2 aliphatic heterocycles. The number of halogens is 3. The quantitative estimate of drug-likeness (QED) is 0.630. The number of anilines is 1. The minimum Gasteiger partial charge on any atom is -0.374 e. The van der Waals surface area contributed by atoms with Crippen molar-refractivity contribution in [1.82, 2.24) is 4.90 Å². The van der Waals surface area contributed by atoms with Crippen LogP contribution in [0.1, 0.15) is 24.5 Å². The van der Waals surface area contributed by atoms with Crippen LogP contribution >= 0.6 is 0 Å². The van der Waals surface area contributed by atoms with Crippen molar-refractivity contribution in [3.63, 3.8) is 0 Å². The number of para-hydroxylation sites is 1. The molecule has 1 fully saturated rings. The third-order valence-electron chi connectivity index (χ3n) is 5.72. The van der Waals surface area contributed by atoms with Gasteiger partial charge in [0.05, 0.1) is 18.2 Å². The van der Waals surface area contributed by atoms with Gasteiger partial charge in [0.25, 0.3) is 6.43 Å². The predicted octanol–water partition coefficient (Wildman–Crippen LogP) is 4.64. The Morgan fingerprint density at radius 1 is 1.19 bits per heavy atom. The predicted molar refractivity (Wildman–Crippen MR) is 119 cm³/mol. The monoisotopic (exact) mass is 440 g/mol. The molecule has 0 radical (unpaired) electrons. The van der Waals surface area contributed by atoms with Crippen molar-refractivity contribution in [1.29, 1.82) is 0 Å². The number of amides is 1. The molecule has 1 amide bonds. The van der Waals surface area contributed by atoms with Gasteiger partial charge in [-0.25, -0.2) is 13.2 Å². The SMILES string of the molecule is C=C(C)N1CC(C(=O)N(Cc2ccc(C3=NN=C(C(F)F)C3)cc2F)c2ccccc2)C1. The normalized spacial score (nSPS) is 16.0. The van der Waals surface area contributed by atoms with Crippen molar-refractivity contribution < 1.29 is 18.0 Å². The summed E-state index contributed by atoms with van der Waals surface area (Å²) in [5.41, 5.74) is 2.31. The fraction of sp³-hybridized carbons (Fsp3) is 0.292. The van der Waals surface area contributed by atoms with E-state index in [1.54, 1.807) is 17.0 Å². The standard InChI is InChI=1S/C24H23F3N4O/c1-15(2)30-12-18(13-30)24(32)31(19-6-4-3-5-7-19)14-17-9-8-16(10-20(17)25)21-11-22(23(26)27)29-28-21/h3-10,18,23H,1,11-14H2,2H3. The van der Waals surface area contributed by atoms with Gasteiger partial charge in [-0.15, -0.1) is 0 Å². The zero-order valence-corrected chi connectivity index (χ0v) is 17.6. The lowest BCUT2D eigenvalue weighted by Gasteiger charge is -2.42. The average Bonchev–Trinajstić information content (AvgIpc) is 3.22. The second kappa shape index (κ2) is 8.98. The fourth-order valence-corrected chi connectivity index (χ4v) is 3.74. The van der Waals surface area contributed by atoms with E-state index in [0.717, 1.165) is 5.70 Å².